The molecular weight excluding hydrogens is 476 g/mol. The minimum Gasteiger partial charge on any atom is -0.382 e. The highest BCUT2D eigenvalue weighted by Gasteiger charge is 2.32. The molecule has 7 nitrogen and oxygen atoms in total. The van der Waals surface area contributed by atoms with E-state index in [0.717, 1.165) is 17.2 Å². The van der Waals surface area contributed by atoms with Crippen LogP contribution in [0.5, 0.6) is 0 Å². The number of alkyl halides is 3. The van der Waals surface area contributed by atoms with Gasteiger partial charge in [-0.1, -0.05) is 36.4 Å². The first-order valence-electron chi connectivity index (χ1n) is 10.7. The number of hydrogen-bond donors (Lipinski definition) is 3. The second-order valence-electron chi connectivity index (χ2n) is 7.80. The van der Waals surface area contributed by atoms with Crippen LogP contribution in [0, 0.1) is 5.82 Å². The molecule has 2 aromatic carbocycles. The number of nitrogen functional groups attached to an aromatic ring is 1. The van der Waals surface area contributed by atoms with Crippen molar-refractivity contribution in [2.45, 2.75) is 19.3 Å². The summed E-state index contributed by atoms with van der Waals surface area (Å²) in [6.45, 7) is 0.203. The number of carbonyl (C=O) groups excluding carboxylic acids is 1. The van der Waals surface area contributed by atoms with Crippen molar-refractivity contribution in [1.29, 1.82) is 0 Å². The fraction of sp³-hybridized carbons (Fsp3) is 0.120. The zero-order valence-corrected chi connectivity index (χ0v) is 18.7. The predicted molar refractivity (Wildman–Crippen MR) is 126 cm³/mol. The summed E-state index contributed by atoms with van der Waals surface area (Å²) in [5, 5.41) is 5.48. The molecule has 0 aliphatic carbocycles. The molecule has 2 aromatic heterocycles. The highest BCUT2D eigenvalue weighted by atomic mass is 19.4. The highest BCUT2D eigenvalue weighted by molar-refractivity contribution is 5.98. The topological polar surface area (TPSA) is 106 Å². The highest BCUT2D eigenvalue weighted by Crippen LogP contribution is 2.31. The van der Waals surface area contributed by atoms with E-state index in [9.17, 15) is 22.4 Å². The minimum atomic E-state index is -4.67. The monoisotopic (exact) mass is 496 g/mol. The van der Waals surface area contributed by atoms with Gasteiger partial charge in [-0.15, -0.1) is 0 Å². The van der Waals surface area contributed by atoms with Gasteiger partial charge in [0.1, 0.15) is 17.5 Å². The molecule has 0 aliphatic heterocycles. The lowest BCUT2D eigenvalue weighted by molar-refractivity contribution is -0.137. The summed E-state index contributed by atoms with van der Waals surface area (Å²) in [5.41, 5.74) is 7.06. The van der Waals surface area contributed by atoms with E-state index in [4.69, 9.17) is 5.73 Å². The van der Waals surface area contributed by atoms with Crippen LogP contribution in [0.15, 0.2) is 73.2 Å². The first-order valence-corrected chi connectivity index (χ1v) is 10.7. The summed E-state index contributed by atoms with van der Waals surface area (Å²) >= 11 is 0. The molecule has 4 N–H and O–H groups in total. The Morgan fingerprint density at radius 1 is 0.861 bits per heavy atom. The second kappa shape index (κ2) is 10.4. The number of carbonyl (C=O) groups is 1. The number of rotatable bonds is 7. The molecule has 0 atom stereocenters. The summed E-state index contributed by atoms with van der Waals surface area (Å²) in [6.07, 6.45) is -1.00. The fourth-order valence-electron chi connectivity index (χ4n) is 3.28. The van der Waals surface area contributed by atoms with Crippen LogP contribution in [0.2, 0.25) is 0 Å². The molecule has 0 spiro atoms. The zero-order valence-electron chi connectivity index (χ0n) is 18.7. The lowest BCUT2D eigenvalue weighted by atomic mass is 10.1. The second-order valence-corrected chi connectivity index (χ2v) is 7.80. The first-order chi connectivity index (χ1) is 17.2. The molecule has 0 saturated carbocycles. The van der Waals surface area contributed by atoms with E-state index in [1.165, 1.54) is 30.5 Å². The van der Waals surface area contributed by atoms with E-state index >= 15 is 0 Å². The zero-order chi connectivity index (χ0) is 25.7. The van der Waals surface area contributed by atoms with Crippen LogP contribution in [0.25, 0.3) is 11.3 Å². The standard InChI is InChI=1S/C25H20F4N6O/c26-19-7-3-16(4-8-19)11-35-24(36)20-9-18(25(27,28)29)12-34-23(20)33-10-15-1-5-17(6-2-15)21-13-32-22(30)14-31-21/h1-9,12-14H,10-11H2,(H2,30,32)(H,33,34)(H,35,36). The van der Waals surface area contributed by atoms with E-state index in [1.807, 2.05) is 12.1 Å². The van der Waals surface area contributed by atoms with Gasteiger partial charge < -0.3 is 16.4 Å². The van der Waals surface area contributed by atoms with Crippen molar-refractivity contribution >= 4 is 17.5 Å². The summed E-state index contributed by atoms with van der Waals surface area (Å²) in [4.78, 5) is 24.8. The van der Waals surface area contributed by atoms with Crippen LogP contribution in [0.4, 0.5) is 29.2 Å². The van der Waals surface area contributed by atoms with Crippen LogP contribution in [-0.4, -0.2) is 20.9 Å². The van der Waals surface area contributed by atoms with Gasteiger partial charge in [0.05, 0.1) is 29.2 Å². The molecule has 4 aromatic rings. The molecule has 2 heterocycles. The number of nitrogens with one attached hydrogen (secondary N) is 2. The van der Waals surface area contributed by atoms with Crippen molar-refractivity contribution in [3.63, 3.8) is 0 Å². The molecule has 4 rings (SSSR count). The number of benzene rings is 2. The van der Waals surface area contributed by atoms with Crippen LogP contribution < -0.4 is 16.4 Å². The van der Waals surface area contributed by atoms with Crippen molar-refractivity contribution in [2.24, 2.45) is 0 Å². The molecular formula is C25H20F4N6O. The lowest BCUT2D eigenvalue weighted by Gasteiger charge is -2.14. The molecule has 184 valence electrons. The first kappa shape index (κ1) is 24.6. The lowest BCUT2D eigenvalue weighted by Crippen LogP contribution is -2.25. The maximum absolute atomic E-state index is 13.3. The third kappa shape index (κ3) is 6.12. The Morgan fingerprint density at radius 2 is 1.53 bits per heavy atom. The molecule has 11 heteroatoms. The number of pyridine rings is 1. The van der Waals surface area contributed by atoms with Gasteiger partial charge in [-0.3, -0.25) is 9.78 Å². The van der Waals surface area contributed by atoms with Gasteiger partial charge in [-0.25, -0.2) is 14.4 Å². The molecule has 0 aliphatic rings. The van der Waals surface area contributed by atoms with Crippen LogP contribution >= 0.6 is 0 Å². The van der Waals surface area contributed by atoms with E-state index in [2.05, 4.69) is 25.6 Å². The summed E-state index contributed by atoms with van der Waals surface area (Å²) in [6, 6.07) is 13.4. The van der Waals surface area contributed by atoms with Gasteiger partial charge in [-0.2, -0.15) is 13.2 Å². The maximum Gasteiger partial charge on any atom is 0.417 e. The van der Waals surface area contributed by atoms with Gasteiger partial charge in [0.15, 0.2) is 0 Å². The number of hydrogen-bond acceptors (Lipinski definition) is 6. The Morgan fingerprint density at radius 3 is 2.17 bits per heavy atom. The summed E-state index contributed by atoms with van der Waals surface area (Å²) < 4.78 is 52.9. The van der Waals surface area contributed by atoms with Crippen molar-refractivity contribution < 1.29 is 22.4 Å². The number of amides is 1. The molecule has 0 fully saturated rings. The number of nitrogens with two attached hydrogens (primary N) is 1. The SMILES string of the molecule is Nc1cnc(-c2ccc(CNc3ncc(C(F)(F)F)cc3C(=O)NCc3ccc(F)cc3)cc2)cn1. The van der Waals surface area contributed by atoms with Crippen molar-refractivity contribution in [2.75, 3.05) is 11.1 Å². The average molecular weight is 496 g/mol. The minimum absolute atomic E-state index is 0.00426. The Hall–Kier alpha value is -4.54. The Balaban J connectivity index is 1.49. The number of aromatic nitrogens is 3. The van der Waals surface area contributed by atoms with Crippen molar-refractivity contribution in [3.8, 4) is 11.3 Å². The fourth-order valence-corrected chi connectivity index (χ4v) is 3.28. The van der Waals surface area contributed by atoms with Crippen LogP contribution in [-0.2, 0) is 19.3 Å². The van der Waals surface area contributed by atoms with Gasteiger partial charge in [0.2, 0.25) is 0 Å². The maximum atomic E-state index is 13.3. The third-order valence-electron chi connectivity index (χ3n) is 5.21. The Bertz CT molecular complexity index is 1340. The molecule has 0 bridgehead atoms. The van der Waals surface area contributed by atoms with Crippen molar-refractivity contribution in [1.82, 2.24) is 20.3 Å². The van der Waals surface area contributed by atoms with Crippen LogP contribution in [0.1, 0.15) is 27.0 Å². The van der Waals surface area contributed by atoms with Gasteiger partial charge in [0, 0.05) is 24.8 Å². The number of nitrogens with zero attached hydrogens (tertiary/aromatic N) is 3. The third-order valence-corrected chi connectivity index (χ3v) is 5.21. The summed E-state index contributed by atoms with van der Waals surface area (Å²) in [5.74, 6) is -0.889. The van der Waals surface area contributed by atoms with Gasteiger partial charge in [-0.05, 0) is 29.3 Å². The quantitative estimate of drug-likeness (QED) is 0.317. The predicted octanol–water partition coefficient (Wildman–Crippen LogP) is 4.82. The number of halogens is 4. The Labute approximate surface area is 203 Å². The van der Waals surface area contributed by atoms with Crippen LogP contribution in [0.3, 0.4) is 0 Å². The van der Waals surface area contributed by atoms with E-state index < -0.39 is 23.5 Å². The molecule has 0 saturated heterocycles. The average Bonchev–Trinajstić information content (AvgIpc) is 2.87. The van der Waals surface area contributed by atoms with E-state index in [1.54, 1.807) is 18.3 Å². The largest absolute Gasteiger partial charge is 0.417 e. The van der Waals surface area contributed by atoms with Gasteiger partial charge in [0.25, 0.3) is 5.91 Å². The molecule has 1 amide bonds. The smallest absolute Gasteiger partial charge is 0.382 e. The van der Waals surface area contributed by atoms with Crippen molar-refractivity contribution in [3.05, 3.63) is 101 Å². The molecule has 0 radical (unpaired) electrons. The molecule has 36 heavy (non-hydrogen) atoms. The van der Waals surface area contributed by atoms with Gasteiger partial charge >= 0.3 is 6.18 Å². The molecule has 0 unspecified atom stereocenters. The normalized spacial score (nSPS) is 11.2. The Kier molecular flexibility index (Phi) is 7.09. The summed E-state index contributed by atoms with van der Waals surface area (Å²) in [7, 11) is 0. The van der Waals surface area contributed by atoms with E-state index in [-0.39, 0.29) is 24.5 Å². The number of anilines is 2. The van der Waals surface area contributed by atoms with E-state index in [0.29, 0.717) is 23.3 Å².